The van der Waals surface area contributed by atoms with Crippen LogP contribution in [0.4, 0.5) is 5.95 Å². The molecule has 3 aromatic rings. The maximum atomic E-state index is 11.9. The Kier molecular flexibility index (Phi) is 2.89. The van der Waals surface area contributed by atoms with E-state index in [9.17, 15) is 4.79 Å². The van der Waals surface area contributed by atoms with Gasteiger partial charge in [-0.2, -0.15) is 0 Å². The molecule has 0 spiro atoms. The predicted molar refractivity (Wildman–Crippen MR) is 71.7 cm³/mol. The highest BCUT2D eigenvalue weighted by Crippen LogP contribution is 2.06. The third kappa shape index (κ3) is 2.42. The molecule has 0 saturated carbocycles. The summed E-state index contributed by atoms with van der Waals surface area (Å²) in [5.41, 5.74) is 0.536. The van der Waals surface area contributed by atoms with Crippen LogP contribution in [-0.4, -0.2) is 19.9 Å². The molecule has 0 radical (unpaired) electrons. The van der Waals surface area contributed by atoms with Gasteiger partial charge in [0.15, 0.2) is 0 Å². The summed E-state index contributed by atoms with van der Waals surface area (Å²) >= 11 is 0. The van der Waals surface area contributed by atoms with Gasteiger partial charge in [-0.15, -0.1) is 0 Å². The molecule has 0 bridgehead atoms. The molecular weight excluding hydrogens is 242 g/mol. The lowest BCUT2D eigenvalue weighted by atomic mass is 10.2. The molecular formula is C13H11N5O. The van der Waals surface area contributed by atoms with Crippen molar-refractivity contribution in [2.24, 2.45) is 0 Å². The van der Waals surface area contributed by atoms with Crippen LogP contribution in [0.1, 0.15) is 5.82 Å². The number of nitrogens with zero attached hydrogens (tertiary/aromatic N) is 3. The fraction of sp³-hybridized carbons (Fsp3) is 0.0769. The second-order valence-electron chi connectivity index (χ2n) is 3.96. The molecule has 0 fully saturated rings. The van der Waals surface area contributed by atoms with Crippen LogP contribution in [0.5, 0.6) is 0 Å². The minimum absolute atomic E-state index is 0.142. The van der Waals surface area contributed by atoms with Gasteiger partial charge >= 0.3 is 0 Å². The number of aromatic amines is 1. The van der Waals surface area contributed by atoms with Crippen LogP contribution in [0.15, 0.2) is 47.5 Å². The second-order valence-corrected chi connectivity index (χ2v) is 3.96. The van der Waals surface area contributed by atoms with Crippen molar-refractivity contribution in [1.29, 1.82) is 0 Å². The highest BCUT2D eigenvalue weighted by Gasteiger charge is 2.03. The molecule has 2 heterocycles. The molecule has 94 valence electrons. The highest BCUT2D eigenvalue weighted by molar-refractivity contribution is 5.77. The number of hydrogen-bond donors (Lipinski definition) is 2. The first kappa shape index (κ1) is 11.3. The first-order valence-corrected chi connectivity index (χ1v) is 5.82. The lowest BCUT2D eigenvalue weighted by Gasteiger charge is -2.04. The van der Waals surface area contributed by atoms with Gasteiger partial charge < -0.3 is 10.3 Å². The molecule has 2 N–H and O–H groups in total. The monoisotopic (exact) mass is 253 g/mol. The van der Waals surface area contributed by atoms with E-state index in [0.717, 1.165) is 0 Å². The first-order chi connectivity index (χ1) is 9.33. The number of benzene rings is 1. The molecule has 0 aliphatic carbocycles. The van der Waals surface area contributed by atoms with Gasteiger partial charge in [0.05, 0.1) is 17.4 Å². The Bertz CT molecular complexity index is 754. The Balaban J connectivity index is 1.88. The van der Waals surface area contributed by atoms with E-state index in [0.29, 0.717) is 29.2 Å². The van der Waals surface area contributed by atoms with E-state index >= 15 is 0 Å². The summed E-state index contributed by atoms with van der Waals surface area (Å²) in [5, 5.41) is 3.58. The van der Waals surface area contributed by atoms with Gasteiger partial charge in [-0.3, -0.25) is 4.79 Å². The Hall–Kier alpha value is -2.76. The third-order valence-electron chi connectivity index (χ3n) is 2.64. The average molecular weight is 253 g/mol. The summed E-state index contributed by atoms with van der Waals surface area (Å²) in [6.45, 7) is 0.365. The Morgan fingerprint density at radius 2 is 1.89 bits per heavy atom. The van der Waals surface area contributed by atoms with Gasteiger partial charge in [0.1, 0.15) is 5.82 Å². The maximum Gasteiger partial charge on any atom is 0.258 e. The number of anilines is 1. The number of para-hydroxylation sites is 1. The molecule has 6 nitrogen and oxygen atoms in total. The zero-order valence-corrected chi connectivity index (χ0v) is 10.00. The topological polar surface area (TPSA) is 83.6 Å². The first-order valence-electron chi connectivity index (χ1n) is 5.82. The van der Waals surface area contributed by atoms with Crippen LogP contribution < -0.4 is 10.9 Å². The van der Waals surface area contributed by atoms with Crippen LogP contribution >= 0.6 is 0 Å². The fourth-order valence-electron chi connectivity index (χ4n) is 1.77. The minimum atomic E-state index is -0.142. The molecule has 0 aliphatic rings. The molecule has 6 heteroatoms. The van der Waals surface area contributed by atoms with Crippen molar-refractivity contribution in [1.82, 2.24) is 19.9 Å². The van der Waals surface area contributed by atoms with Crippen molar-refractivity contribution in [3.05, 3.63) is 58.9 Å². The van der Waals surface area contributed by atoms with Gasteiger partial charge in [0, 0.05) is 12.4 Å². The van der Waals surface area contributed by atoms with E-state index < -0.39 is 0 Å². The third-order valence-corrected chi connectivity index (χ3v) is 2.64. The summed E-state index contributed by atoms with van der Waals surface area (Å²) in [7, 11) is 0. The molecule has 0 saturated heterocycles. The average Bonchev–Trinajstić information content (AvgIpc) is 2.46. The molecule has 0 unspecified atom stereocenters. The Morgan fingerprint density at radius 3 is 2.74 bits per heavy atom. The molecule has 19 heavy (non-hydrogen) atoms. The Labute approximate surface area is 108 Å². The van der Waals surface area contributed by atoms with E-state index in [1.807, 2.05) is 18.2 Å². The molecule has 0 amide bonds. The Morgan fingerprint density at radius 1 is 1.11 bits per heavy atom. The van der Waals surface area contributed by atoms with E-state index in [-0.39, 0.29) is 5.56 Å². The van der Waals surface area contributed by atoms with Crippen LogP contribution in [-0.2, 0) is 6.54 Å². The van der Waals surface area contributed by atoms with E-state index in [4.69, 9.17) is 0 Å². The summed E-state index contributed by atoms with van der Waals surface area (Å²) in [6.07, 6.45) is 3.29. The number of fused-ring (bicyclic) bond motifs is 1. The van der Waals surface area contributed by atoms with Crippen LogP contribution in [0.3, 0.4) is 0 Å². The van der Waals surface area contributed by atoms with Crippen LogP contribution in [0.2, 0.25) is 0 Å². The van der Waals surface area contributed by atoms with Crippen LogP contribution in [0.25, 0.3) is 10.9 Å². The highest BCUT2D eigenvalue weighted by atomic mass is 16.1. The number of H-pyrrole nitrogens is 1. The van der Waals surface area contributed by atoms with Crippen molar-refractivity contribution in [3.8, 4) is 0 Å². The summed E-state index contributed by atoms with van der Waals surface area (Å²) in [6, 6.07) is 8.97. The van der Waals surface area contributed by atoms with Gasteiger partial charge in [-0.05, 0) is 18.2 Å². The summed E-state index contributed by atoms with van der Waals surface area (Å²) in [4.78, 5) is 27.0. The van der Waals surface area contributed by atoms with Gasteiger partial charge in [0.2, 0.25) is 5.95 Å². The predicted octanol–water partition coefficient (Wildman–Crippen LogP) is 1.33. The summed E-state index contributed by atoms with van der Waals surface area (Å²) in [5.74, 6) is 1.05. The smallest absolute Gasteiger partial charge is 0.258 e. The largest absolute Gasteiger partial charge is 0.347 e. The second kappa shape index (κ2) is 4.85. The van der Waals surface area contributed by atoms with Gasteiger partial charge in [-0.1, -0.05) is 12.1 Å². The standard InChI is InChI=1S/C13H11N5O/c19-12-9-4-1-2-5-10(9)17-11(18-12)8-16-13-14-6-3-7-15-13/h1-7H,8H2,(H,14,15,16)(H,17,18,19). The zero-order valence-electron chi connectivity index (χ0n) is 10.00. The fourth-order valence-corrected chi connectivity index (χ4v) is 1.77. The van der Waals surface area contributed by atoms with Crippen molar-refractivity contribution in [2.75, 3.05) is 5.32 Å². The van der Waals surface area contributed by atoms with E-state index in [1.165, 1.54) is 0 Å². The lowest BCUT2D eigenvalue weighted by Crippen LogP contribution is -2.15. The van der Waals surface area contributed by atoms with Crippen molar-refractivity contribution < 1.29 is 0 Å². The van der Waals surface area contributed by atoms with Gasteiger partial charge in [0.25, 0.3) is 5.56 Å². The van der Waals surface area contributed by atoms with E-state index in [2.05, 4.69) is 25.3 Å². The maximum absolute atomic E-state index is 11.9. The number of nitrogens with one attached hydrogen (secondary N) is 2. The molecule has 0 atom stereocenters. The van der Waals surface area contributed by atoms with Crippen LogP contribution in [0, 0.1) is 0 Å². The number of aromatic nitrogens is 4. The summed E-state index contributed by atoms with van der Waals surface area (Å²) < 4.78 is 0. The SMILES string of the molecule is O=c1[nH]c(CNc2ncccn2)nc2ccccc12. The number of rotatable bonds is 3. The molecule has 1 aromatic carbocycles. The minimum Gasteiger partial charge on any atom is -0.347 e. The lowest BCUT2D eigenvalue weighted by molar-refractivity contribution is 0.933. The normalized spacial score (nSPS) is 10.5. The zero-order chi connectivity index (χ0) is 13.1. The van der Waals surface area contributed by atoms with Crippen molar-refractivity contribution >= 4 is 16.9 Å². The molecule has 0 aliphatic heterocycles. The quantitative estimate of drug-likeness (QED) is 0.735. The van der Waals surface area contributed by atoms with Gasteiger partial charge in [-0.25, -0.2) is 15.0 Å². The molecule has 3 rings (SSSR count). The number of hydrogen-bond acceptors (Lipinski definition) is 5. The van der Waals surface area contributed by atoms with Crippen molar-refractivity contribution in [2.45, 2.75) is 6.54 Å². The molecule has 2 aromatic heterocycles. The van der Waals surface area contributed by atoms with E-state index in [1.54, 1.807) is 24.5 Å². The van der Waals surface area contributed by atoms with Crippen molar-refractivity contribution in [3.63, 3.8) is 0 Å².